The number of rotatable bonds is 6. The van der Waals surface area contributed by atoms with Crippen molar-refractivity contribution in [2.45, 2.75) is 46.1 Å². The van der Waals surface area contributed by atoms with Gasteiger partial charge in [0.25, 0.3) is 11.9 Å². The van der Waals surface area contributed by atoms with Crippen LogP contribution in [0.4, 0.5) is 0 Å². The topological polar surface area (TPSA) is 76.4 Å². The van der Waals surface area contributed by atoms with Crippen LogP contribution < -0.4 is 4.74 Å². The Labute approximate surface area is 200 Å². The van der Waals surface area contributed by atoms with Crippen molar-refractivity contribution in [2.24, 2.45) is 0 Å². The number of carbonyl (C=O) groups is 1. The second kappa shape index (κ2) is 9.18. The molecule has 1 fully saturated rings. The Balaban J connectivity index is 1.43. The molecular formula is C26H32N6O2. The lowest BCUT2D eigenvalue weighted by Gasteiger charge is -2.26. The number of amides is 1. The molecule has 0 saturated carbocycles. The van der Waals surface area contributed by atoms with Gasteiger partial charge in [-0.3, -0.25) is 9.69 Å². The molecule has 1 amide bonds. The highest BCUT2D eigenvalue weighted by Gasteiger charge is 2.31. The summed E-state index contributed by atoms with van der Waals surface area (Å²) in [6.07, 6.45) is 6.41. The van der Waals surface area contributed by atoms with E-state index in [9.17, 15) is 4.79 Å². The van der Waals surface area contributed by atoms with Gasteiger partial charge in [0.15, 0.2) is 0 Å². The average Bonchev–Trinajstić information content (AvgIpc) is 3.51. The van der Waals surface area contributed by atoms with E-state index >= 15 is 0 Å². The first-order chi connectivity index (χ1) is 16.5. The maximum Gasteiger partial charge on any atom is 0.257 e. The number of hydrogen-bond donors (Lipinski definition) is 0. The summed E-state index contributed by atoms with van der Waals surface area (Å²) in [7, 11) is 1.67. The van der Waals surface area contributed by atoms with E-state index in [0.717, 1.165) is 73.7 Å². The SMILES string of the molecule is CCN(CC)[C@@H]1CCN(C(=O)c2cnn(-c3ncc4c(n3)-c3cc(OC)ccc3CC4)c2C)C1. The van der Waals surface area contributed by atoms with Crippen LogP contribution in [0, 0.1) is 6.92 Å². The zero-order chi connectivity index (χ0) is 23.8. The summed E-state index contributed by atoms with van der Waals surface area (Å²) in [6, 6.07) is 6.56. The van der Waals surface area contributed by atoms with Crippen LogP contribution in [-0.4, -0.2) is 74.8 Å². The van der Waals surface area contributed by atoms with Gasteiger partial charge in [0, 0.05) is 30.9 Å². The Hall–Kier alpha value is -3.26. The van der Waals surface area contributed by atoms with Gasteiger partial charge >= 0.3 is 0 Å². The number of likely N-dealkylation sites (N-methyl/N-ethyl adjacent to an activating group) is 1. The lowest BCUT2D eigenvalue weighted by atomic mass is 9.90. The van der Waals surface area contributed by atoms with Gasteiger partial charge in [-0.15, -0.1) is 0 Å². The monoisotopic (exact) mass is 460 g/mol. The van der Waals surface area contributed by atoms with Gasteiger partial charge in [-0.25, -0.2) is 14.6 Å². The number of ether oxygens (including phenoxy) is 1. The van der Waals surface area contributed by atoms with E-state index in [-0.39, 0.29) is 5.91 Å². The van der Waals surface area contributed by atoms with Crippen molar-refractivity contribution in [3.05, 3.63) is 53.0 Å². The molecule has 8 nitrogen and oxygen atoms in total. The number of fused-ring (bicyclic) bond motifs is 3. The Morgan fingerprint density at radius 3 is 2.74 bits per heavy atom. The van der Waals surface area contributed by atoms with E-state index in [1.54, 1.807) is 18.0 Å². The molecule has 3 aromatic rings. The molecule has 0 radical (unpaired) electrons. The van der Waals surface area contributed by atoms with Crippen molar-refractivity contribution in [1.29, 1.82) is 0 Å². The van der Waals surface area contributed by atoms with Gasteiger partial charge in [-0.05, 0) is 62.5 Å². The van der Waals surface area contributed by atoms with Crippen LogP contribution in [0.15, 0.2) is 30.6 Å². The molecule has 34 heavy (non-hydrogen) atoms. The Morgan fingerprint density at radius 1 is 1.18 bits per heavy atom. The number of likely N-dealkylation sites (tertiary alicyclic amines) is 1. The zero-order valence-corrected chi connectivity index (χ0v) is 20.4. The molecule has 1 aromatic carbocycles. The summed E-state index contributed by atoms with van der Waals surface area (Å²) >= 11 is 0. The number of benzene rings is 1. The minimum atomic E-state index is 0.0337. The summed E-state index contributed by atoms with van der Waals surface area (Å²) < 4.78 is 7.12. The number of carbonyl (C=O) groups excluding carboxylic acids is 1. The molecule has 3 heterocycles. The van der Waals surface area contributed by atoms with Crippen LogP contribution in [0.5, 0.6) is 5.75 Å². The van der Waals surface area contributed by atoms with Crippen molar-refractivity contribution in [2.75, 3.05) is 33.3 Å². The molecule has 1 aliphatic heterocycles. The largest absolute Gasteiger partial charge is 0.497 e. The number of nitrogens with zero attached hydrogens (tertiary/aromatic N) is 6. The maximum atomic E-state index is 13.3. The van der Waals surface area contributed by atoms with Crippen LogP contribution in [0.2, 0.25) is 0 Å². The summed E-state index contributed by atoms with van der Waals surface area (Å²) in [6.45, 7) is 9.82. The second-order valence-corrected chi connectivity index (χ2v) is 9.04. The lowest BCUT2D eigenvalue weighted by Crippen LogP contribution is -2.38. The van der Waals surface area contributed by atoms with Crippen LogP contribution in [0.3, 0.4) is 0 Å². The Morgan fingerprint density at radius 2 is 1.97 bits per heavy atom. The normalized spacial score (nSPS) is 17.1. The predicted molar refractivity (Wildman–Crippen MR) is 131 cm³/mol. The average molecular weight is 461 g/mol. The van der Waals surface area contributed by atoms with E-state index in [0.29, 0.717) is 17.6 Å². The van der Waals surface area contributed by atoms with Crippen molar-refractivity contribution < 1.29 is 9.53 Å². The minimum absolute atomic E-state index is 0.0337. The molecule has 1 atom stereocenters. The van der Waals surface area contributed by atoms with Crippen molar-refractivity contribution >= 4 is 5.91 Å². The highest BCUT2D eigenvalue weighted by molar-refractivity contribution is 5.95. The first-order valence-electron chi connectivity index (χ1n) is 12.2. The minimum Gasteiger partial charge on any atom is -0.497 e. The van der Waals surface area contributed by atoms with Crippen LogP contribution in [-0.2, 0) is 12.8 Å². The number of hydrogen-bond acceptors (Lipinski definition) is 6. The predicted octanol–water partition coefficient (Wildman–Crippen LogP) is 3.30. The van der Waals surface area contributed by atoms with Crippen LogP contribution >= 0.6 is 0 Å². The third-order valence-electron chi connectivity index (χ3n) is 7.30. The first-order valence-corrected chi connectivity index (χ1v) is 12.2. The molecule has 0 spiro atoms. The Kier molecular flexibility index (Phi) is 6.08. The molecule has 2 aliphatic rings. The molecule has 5 rings (SSSR count). The van der Waals surface area contributed by atoms with Gasteiger partial charge in [0.1, 0.15) is 5.75 Å². The highest BCUT2D eigenvalue weighted by atomic mass is 16.5. The van der Waals surface area contributed by atoms with E-state index in [2.05, 4.69) is 34.9 Å². The second-order valence-electron chi connectivity index (χ2n) is 9.04. The number of methoxy groups -OCH3 is 1. The lowest BCUT2D eigenvalue weighted by molar-refractivity contribution is 0.0777. The molecule has 0 bridgehead atoms. The summed E-state index contributed by atoms with van der Waals surface area (Å²) in [4.78, 5) is 27.2. The third kappa shape index (κ3) is 3.86. The van der Waals surface area contributed by atoms with Gasteiger partial charge in [0.05, 0.1) is 30.3 Å². The van der Waals surface area contributed by atoms with Crippen molar-refractivity contribution in [3.63, 3.8) is 0 Å². The van der Waals surface area contributed by atoms with Crippen molar-refractivity contribution in [1.82, 2.24) is 29.5 Å². The van der Waals surface area contributed by atoms with E-state index in [4.69, 9.17) is 9.72 Å². The van der Waals surface area contributed by atoms with E-state index in [1.807, 2.05) is 30.2 Å². The molecular weight excluding hydrogens is 428 g/mol. The molecule has 0 unspecified atom stereocenters. The summed E-state index contributed by atoms with van der Waals surface area (Å²) in [5.74, 6) is 1.32. The van der Waals surface area contributed by atoms with Gasteiger partial charge in [-0.1, -0.05) is 19.9 Å². The fourth-order valence-electron chi connectivity index (χ4n) is 5.26. The smallest absolute Gasteiger partial charge is 0.257 e. The van der Waals surface area contributed by atoms with Crippen LogP contribution in [0.25, 0.3) is 17.2 Å². The van der Waals surface area contributed by atoms with E-state index < -0.39 is 0 Å². The number of aryl methyl sites for hydroxylation is 2. The molecule has 1 saturated heterocycles. The zero-order valence-electron chi connectivity index (χ0n) is 20.4. The van der Waals surface area contributed by atoms with Gasteiger partial charge in [-0.2, -0.15) is 5.10 Å². The van der Waals surface area contributed by atoms with Gasteiger partial charge in [0.2, 0.25) is 0 Å². The fraction of sp³-hybridized carbons (Fsp3) is 0.462. The summed E-state index contributed by atoms with van der Waals surface area (Å²) in [5, 5.41) is 4.51. The standard InChI is InChI=1S/C26H32N6O2/c1-5-30(6-2)20-11-12-31(16-20)25(33)23-15-28-32(17(23)3)26-27-14-19-8-7-18-9-10-21(34-4)13-22(18)24(19)29-26/h9-10,13-15,20H,5-8,11-12,16H2,1-4H3/t20-/m1/s1. The third-order valence-corrected chi connectivity index (χ3v) is 7.30. The van der Waals surface area contributed by atoms with Crippen LogP contribution in [0.1, 0.15) is 47.4 Å². The fourth-order valence-corrected chi connectivity index (χ4v) is 5.26. The van der Waals surface area contributed by atoms with Crippen molar-refractivity contribution in [3.8, 4) is 23.0 Å². The summed E-state index contributed by atoms with van der Waals surface area (Å²) in [5.41, 5.74) is 5.73. The highest BCUT2D eigenvalue weighted by Crippen LogP contribution is 2.34. The molecule has 1 aliphatic carbocycles. The molecule has 0 N–H and O–H groups in total. The molecule has 178 valence electrons. The molecule has 8 heteroatoms. The first kappa shape index (κ1) is 22.5. The quantitative estimate of drug-likeness (QED) is 0.562. The maximum absolute atomic E-state index is 13.3. The van der Waals surface area contributed by atoms with Gasteiger partial charge < -0.3 is 9.64 Å². The molecule has 2 aromatic heterocycles. The number of aromatic nitrogens is 4. The Bertz CT molecular complexity index is 1220. The van der Waals surface area contributed by atoms with E-state index in [1.165, 1.54) is 5.56 Å².